The maximum absolute atomic E-state index is 14.0. The van der Waals surface area contributed by atoms with Crippen molar-refractivity contribution >= 4 is 38.7 Å². The highest BCUT2D eigenvalue weighted by Crippen LogP contribution is 2.25. The van der Waals surface area contributed by atoms with Crippen LogP contribution in [0.25, 0.3) is 0 Å². The summed E-state index contributed by atoms with van der Waals surface area (Å²) >= 11 is 5.75. The molecule has 1 amide bonds. The number of carbonyl (C=O) groups excluding carboxylic acids is 1. The molecule has 0 bridgehead atoms. The van der Waals surface area contributed by atoms with Crippen molar-refractivity contribution in [2.24, 2.45) is 0 Å². The molecule has 0 radical (unpaired) electrons. The molecule has 1 aliphatic heterocycles. The summed E-state index contributed by atoms with van der Waals surface area (Å²) in [5.41, 5.74) is 0.742. The molecule has 1 unspecified atom stereocenters. The molecule has 3 rings (SSSR count). The van der Waals surface area contributed by atoms with E-state index in [1.54, 1.807) is 30.3 Å². The molecule has 0 aliphatic carbocycles. The predicted molar refractivity (Wildman–Crippen MR) is 101 cm³/mol. The minimum Gasteiger partial charge on any atom is -0.374 e. The van der Waals surface area contributed by atoms with Crippen molar-refractivity contribution in [1.82, 2.24) is 0 Å². The number of nitrogens with zero attached hydrogens (tertiary/aromatic N) is 1. The van der Waals surface area contributed by atoms with E-state index in [2.05, 4.69) is 5.32 Å². The molecule has 1 fully saturated rings. The van der Waals surface area contributed by atoms with Crippen LogP contribution in [0.2, 0.25) is 5.02 Å². The number of hydrogen-bond donors (Lipinski definition) is 1. The summed E-state index contributed by atoms with van der Waals surface area (Å²) in [6, 6.07) is 12.9. The largest absolute Gasteiger partial charge is 0.374 e. The van der Waals surface area contributed by atoms with Crippen LogP contribution in [-0.4, -0.2) is 38.4 Å². The second-order valence-corrected chi connectivity index (χ2v) is 8.75. The summed E-state index contributed by atoms with van der Waals surface area (Å²) in [5.74, 6) is -0.974. The Hall–Kier alpha value is -2.12. The summed E-state index contributed by atoms with van der Waals surface area (Å²) < 4.78 is 37.7. The number of hydrogen-bond acceptors (Lipinski definition) is 4. The highest BCUT2D eigenvalue weighted by molar-refractivity contribution is 7.91. The van der Waals surface area contributed by atoms with Gasteiger partial charge in [-0.25, -0.2) is 12.8 Å². The fourth-order valence-electron chi connectivity index (χ4n) is 3.02. The topological polar surface area (TPSA) is 66.5 Å². The number of para-hydroxylation sites is 1. The summed E-state index contributed by atoms with van der Waals surface area (Å²) in [4.78, 5) is 14.3. The fraction of sp³-hybridized carbons (Fsp3) is 0.278. The third kappa shape index (κ3) is 4.16. The number of halogens is 2. The van der Waals surface area contributed by atoms with E-state index >= 15 is 0 Å². The van der Waals surface area contributed by atoms with Gasteiger partial charge in [-0.1, -0.05) is 35.9 Å². The zero-order chi connectivity index (χ0) is 18.7. The summed E-state index contributed by atoms with van der Waals surface area (Å²) in [5, 5.41) is 2.71. The summed E-state index contributed by atoms with van der Waals surface area (Å²) in [7, 11) is -3.15. The average molecular weight is 397 g/mol. The first-order chi connectivity index (χ1) is 12.4. The van der Waals surface area contributed by atoms with Crippen molar-refractivity contribution in [2.45, 2.75) is 12.5 Å². The number of rotatable bonds is 5. The molecule has 2 aromatic carbocycles. The molecule has 1 aliphatic rings. The van der Waals surface area contributed by atoms with Gasteiger partial charge in [0.15, 0.2) is 15.7 Å². The van der Waals surface area contributed by atoms with Crippen molar-refractivity contribution in [3.63, 3.8) is 0 Å². The molecule has 0 spiro atoms. The fourth-order valence-corrected chi connectivity index (χ4v) is 4.90. The summed E-state index contributed by atoms with van der Waals surface area (Å²) in [6.45, 7) is -0.178. The quantitative estimate of drug-likeness (QED) is 0.843. The minimum atomic E-state index is -3.15. The standard InChI is InChI=1S/C18H18ClFN2O3S/c19-15-7-4-8-16(18(15)20)21-11-17(23)22(13-5-2-1-3-6-13)14-9-10-26(24,25)12-14/h1-8,14,21H,9-12H2. The third-order valence-electron chi connectivity index (χ3n) is 4.26. The number of sulfone groups is 1. The Morgan fingerprint density at radius 3 is 2.58 bits per heavy atom. The van der Waals surface area contributed by atoms with Gasteiger partial charge in [0, 0.05) is 5.69 Å². The smallest absolute Gasteiger partial charge is 0.246 e. The Balaban J connectivity index is 1.80. The van der Waals surface area contributed by atoms with Crippen molar-refractivity contribution < 1.29 is 17.6 Å². The first-order valence-corrected chi connectivity index (χ1v) is 10.3. The van der Waals surface area contributed by atoms with Gasteiger partial charge in [-0.15, -0.1) is 0 Å². The average Bonchev–Trinajstić information content (AvgIpc) is 2.97. The van der Waals surface area contributed by atoms with Crippen LogP contribution in [-0.2, 0) is 14.6 Å². The van der Waals surface area contributed by atoms with Gasteiger partial charge in [0.05, 0.1) is 34.8 Å². The molecular formula is C18H18ClFN2O3S. The minimum absolute atomic E-state index is 0.0377. The van der Waals surface area contributed by atoms with Gasteiger partial charge in [0.25, 0.3) is 0 Å². The third-order valence-corrected chi connectivity index (χ3v) is 6.30. The highest BCUT2D eigenvalue weighted by Gasteiger charge is 2.35. The number of nitrogens with one attached hydrogen (secondary N) is 1. The molecule has 1 heterocycles. The van der Waals surface area contributed by atoms with E-state index in [4.69, 9.17) is 11.6 Å². The number of anilines is 2. The molecule has 138 valence electrons. The van der Waals surface area contributed by atoms with Gasteiger partial charge in [-0.2, -0.15) is 0 Å². The normalized spacial score (nSPS) is 18.5. The second-order valence-electron chi connectivity index (χ2n) is 6.11. The first-order valence-electron chi connectivity index (χ1n) is 8.13. The van der Waals surface area contributed by atoms with E-state index in [0.29, 0.717) is 12.1 Å². The van der Waals surface area contributed by atoms with Crippen molar-refractivity contribution in [2.75, 3.05) is 28.3 Å². The lowest BCUT2D eigenvalue weighted by Crippen LogP contribution is -2.44. The molecular weight excluding hydrogens is 379 g/mol. The monoisotopic (exact) mass is 396 g/mol. The number of amides is 1. The van der Waals surface area contributed by atoms with Gasteiger partial charge in [0.2, 0.25) is 5.91 Å². The first kappa shape index (κ1) is 18.7. The zero-order valence-corrected chi connectivity index (χ0v) is 15.4. The Labute approximate surface area is 156 Å². The van der Waals surface area contributed by atoms with Crippen LogP contribution in [0.3, 0.4) is 0 Å². The lowest BCUT2D eigenvalue weighted by atomic mass is 10.1. The lowest BCUT2D eigenvalue weighted by molar-refractivity contribution is -0.117. The van der Waals surface area contributed by atoms with Crippen molar-refractivity contribution in [1.29, 1.82) is 0 Å². The van der Waals surface area contributed by atoms with Crippen LogP contribution in [0.5, 0.6) is 0 Å². The van der Waals surface area contributed by atoms with Crippen LogP contribution in [0.15, 0.2) is 48.5 Å². The van der Waals surface area contributed by atoms with Crippen molar-refractivity contribution in [3.8, 4) is 0 Å². The van der Waals surface area contributed by atoms with Crippen LogP contribution in [0, 0.1) is 5.82 Å². The Bertz CT molecular complexity index is 906. The molecule has 1 N–H and O–H groups in total. The van der Waals surface area contributed by atoms with E-state index in [9.17, 15) is 17.6 Å². The Morgan fingerprint density at radius 2 is 1.92 bits per heavy atom. The van der Waals surface area contributed by atoms with Crippen molar-refractivity contribution in [3.05, 3.63) is 59.4 Å². The predicted octanol–water partition coefficient (Wildman–Crippen LogP) is 3.11. The van der Waals surface area contributed by atoms with E-state index in [1.165, 1.54) is 17.0 Å². The van der Waals surface area contributed by atoms with Gasteiger partial charge in [0.1, 0.15) is 0 Å². The maximum Gasteiger partial charge on any atom is 0.246 e. The van der Waals surface area contributed by atoms with Gasteiger partial charge < -0.3 is 10.2 Å². The highest BCUT2D eigenvalue weighted by atomic mass is 35.5. The molecule has 2 aromatic rings. The maximum atomic E-state index is 14.0. The van der Waals surface area contributed by atoms with Crippen LogP contribution in [0.1, 0.15) is 6.42 Å². The van der Waals surface area contributed by atoms with Gasteiger partial charge >= 0.3 is 0 Å². The van der Waals surface area contributed by atoms with E-state index in [1.807, 2.05) is 6.07 Å². The Morgan fingerprint density at radius 1 is 1.19 bits per heavy atom. The Kier molecular flexibility index (Phi) is 5.48. The van der Waals surface area contributed by atoms with Gasteiger partial charge in [-0.3, -0.25) is 4.79 Å². The molecule has 5 nitrogen and oxygen atoms in total. The molecule has 0 aromatic heterocycles. The lowest BCUT2D eigenvalue weighted by Gasteiger charge is -2.28. The molecule has 1 atom stereocenters. The molecule has 1 saturated heterocycles. The zero-order valence-electron chi connectivity index (χ0n) is 13.9. The molecule has 8 heteroatoms. The van der Waals surface area contributed by atoms with E-state index in [-0.39, 0.29) is 34.7 Å². The SMILES string of the molecule is O=C(CNc1cccc(Cl)c1F)N(c1ccccc1)C1CCS(=O)(=O)C1. The number of carbonyl (C=O) groups is 1. The molecule has 26 heavy (non-hydrogen) atoms. The van der Waals surface area contributed by atoms with Gasteiger partial charge in [-0.05, 0) is 30.7 Å². The van der Waals surface area contributed by atoms with Crippen LogP contribution < -0.4 is 10.2 Å². The summed E-state index contributed by atoms with van der Waals surface area (Å²) in [6.07, 6.45) is 0.383. The van der Waals surface area contributed by atoms with E-state index < -0.39 is 21.7 Å². The second kappa shape index (κ2) is 7.63. The van der Waals surface area contributed by atoms with Crippen LogP contribution in [0.4, 0.5) is 15.8 Å². The number of benzene rings is 2. The molecule has 0 saturated carbocycles. The van der Waals surface area contributed by atoms with Crippen LogP contribution >= 0.6 is 11.6 Å². The van der Waals surface area contributed by atoms with E-state index in [0.717, 1.165) is 0 Å².